The summed E-state index contributed by atoms with van der Waals surface area (Å²) in [7, 11) is 5.48. The minimum Gasteiger partial charge on any atom is -0.493 e. The highest BCUT2D eigenvalue weighted by molar-refractivity contribution is 5.43. The van der Waals surface area contributed by atoms with E-state index in [0.29, 0.717) is 0 Å². The van der Waals surface area contributed by atoms with Crippen molar-refractivity contribution < 1.29 is 9.47 Å². The first-order chi connectivity index (χ1) is 9.63. The Balaban J connectivity index is 2.00. The zero-order chi connectivity index (χ0) is 14.5. The molecule has 1 aromatic carbocycles. The summed E-state index contributed by atoms with van der Waals surface area (Å²) in [4.78, 5) is 2.35. The van der Waals surface area contributed by atoms with E-state index >= 15 is 0 Å². The lowest BCUT2D eigenvalue weighted by molar-refractivity contribution is 0.0898. The van der Waals surface area contributed by atoms with Gasteiger partial charge in [0.15, 0.2) is 11.5 Å². The Bertz CT molecular complexity index is 431. The van der Waals surface area contributed by atoms with E-state index in [2.05, 4.69) is 35.4 Å². The van der Waals surface area contributed by atoms with E-state index in [1.54, 1.807) is 14.2 Å². The molecule has 1 fully saturated rings. The standard InChI is InChI=1S/C15H25N3O2/c1-12(16-18-9-7-17(2)8-10-18)13-5-6-14(19-3)15(11-13)20-4/h5-6,11-12,16H,7-10H2,1-4H3. The number of benzene rings is 1. The number of hydrogen-bond donors (Lipinski definition) is 1. The fourth-order valence-corrected chi connectivity index (χ4v) is 2.41. The summed E-state index contributed by atoms with van der Waals surface area (Å²) < 4.78 is 10.6. The van der Waals surface area contributed by atoms with Crippen molar-refractivity contribution in [2.45, 2.75) is 13.0 Å². The van der Waals surface area contributed by atoms with E-state index in [1.807, 2.05) is 12.1 Å². The predicted molar refractivity (Wildman–Crippen MR) is 80.2 cm³/mol. The van der Waals surface area contributed by atoms with Crippen molar-refractivity contribution in [1.82, 2.24) is 15.3 Å². The Hall–Kier alpha value is -1.30. The van der Waals surface area contributed by atoms with Gasteiger partial charge in [0, 0.05) is 32.2 Å². The predicted octanol–water partition coefficient (Wildman–Crippen LogP) is 1.52. The summed E-state index contributed by atoms with van der Waals surface area (Å²) in [5, 5.41) is 2.29. The minimum absolute atomic E-state index is 0.248. The molecule has 0 saturated carbocycles. The molecule has 5 nitrogen and oxygen atoms in total. The number of rotatable bonds is 5. The van der Waals surface area contributed by atoms with Crippen molar-refractivity contribution in [3.05, 3.63) is 23.8 Å². The summed E-state index contributed by atoms with van der Waals surface area (Å²) in [6.45, 7) is 6.47. The van der Waals surface area contributed by atoms with Gasteiger partial charge < -0.3 is 14.4 Å². The molecule has 1 aromatic rings. The molecule has 1 saturated heterocycles. The molecule has 1 heterocycles. The molecule has 112 valence electrons. The molecule has 20 heavy (non-hydrogen) atoms. The second-order valence-corrected chi connectivity index (χ2v) is 5.26. The summed E-state index contributed by atoms with van der Waals surface area (Å²) in [5.74, 6) is 1.54. The van der Waals surface area contributed by atoms with Gasteiger partial charge in [0.05, 0.1) is 14.2 Å². The molecule has 1 atom stereocenters. The molecule has 1 aliphatic rings. The molecule has 0 aromatic heterocycles. The molecule has 0 spiro atoms. The van der Waals surface area contributed by atoms with Crippen molar-refractivity contribution in [3.8, 4) is 11.5 Å². The van der Waals surface area contributed by atoms with Crippen LogP contribution in [0.3, 0.4) is 0 Å². The maximum absolute atomic E-state index is 5.36. The van der Waals surface area contributed by atoms with Crippen LogP contribution in [0.2, 0.25) is 0 Å². The van der Waals surface area contributed by atoms with E-state index < -0.39 is 0 Å². The van der Waals surface area contributed by atoms with Crippen molar-refractivity contribution in [3.63, 3.8) is 0 Å². The fourth-order valence-electron chi connectivity index (χ4n) is 2.41. The summed E-state index contributed by atoms with van der Waals surface area (Å²) in [5.41, 5.74) is 4.75. The lowest BCUT2D eigenvalue weighted by Gasteiger charge is -2.34. The molecule has 0 amide bonds. The zero-order valence-corrected chi connectivity index (χ0v) is 12.8. The number of hydrazine groups is 1. The molecule has 1 N–H and O–H groups in total. The molecular formula is C15H25N3O2. The van der Waals surface area contributed by atoms with Crippen LogP contribution in [0, 0.1) is 0 Å². The fraction of sp³-hybridized carbons (Fsp3) is 0.600. The second kappa shape index (κ2) is 6.92. The Morgan fingerprint density at radius 2 is 1.70 bits per heavy atom. The smallest absolute Gasteiger partial charge is 0.161 e. The first-order valence-electron chi connectivity index (χ1n) is 7.05. The van der Waals surface area contributed by atoms with Gasteiger partial charge in [0.2, 0.25) is 0 Å². The Labute approximate surface area is 121 Å². The van der Waals surface area contributed by atoms with Crippen LogP contribution in [-0.2, 0) is 0 Å². The van der Waals surface area contributed by atoms with E-state index in [9.17, 15) is 0 Å². The maximum atomic E-state index is 5.36. The van der Waals surface area contributed by atoms with Crippen LogP contribution >= 0.6 is 0 Å². The van der Waals surface area contributed by atoms with Gasteiger partial charge in [-0.05, 0) is 31.7 Å². The third-order valence-corrected chi connectivity index (χ3v) is 3.79. The SMILES string of the molecule is COc1ccc(C(C)NN2CCN(C)CC2)cc1OC. The van der Waals surface area contributed by atoms with Gasteiger partial charge in [-0.15, -0.1) is 0 Å². The first-order valence-corrected chi connectivity index (χ1v) is 7.05. The molecule has 5 heteroatoms. The van der Waals surface area contributed by atoms with Gasteiger partial charge in [0.25, 0.3) is 0 Å². The first kappa shape index (κ1) is 15.1. The summed E-state index contributed by atoms with van der Waals surface area (Å²) in [6, 6.07) is 6.32. The van der Waals surface area contributed by atoms with E-state index in [-0.39, 0.29) is 6.04 Å². The van der Waals surface area contributed by atoms with Gasteiger partial charge >= 0.3 is 0 Å². The number of nitrogens with one attached hydrogen (secondary N) is 1. The lowest BCUT2D eigenvalue weighted by atomic mass is 10.1. The topological polar surface area (TPSA) is 37.0 Å². The molecule has 0 bridgehead atoms. The molecular weight excluding hydrogens is 254 g/mol. The van der Waals surface area contributed by atoms with E-state index in [4.69, 9.17) is 9.47 Å². The zero-order valence-electron chi connectivity index (χ0n) is 12.8. The molecule has 1 unspecified atom stereocenters. The largest absolute Gasteiger partial charge is 0.493 e. The minimum atomic E-state index is 0.248. The highest BCUT2D eigenvalue weighted by Gasteiger charge is 2.17. The average Bonchev–Trinajstić information content (AvgIpc) is 2.48. The van der Waals surface area contributed by atoms with Crippen molar-refractivity contribution in [1.29, 1.82) is 0 Å². The van der Waals surface area contributed by atoms with E-state index in [1.165, 1.54) is 5.56 Å². The average molecular weight is 279 g/mol. The molecule has 2 rings (SSSR count). The summed E-state index contributed by atoms with van der Waals surface area (Å²) in [6.07, 6.45) is 0. The van der Waals surface area contributed by atoms with Crippen LogP contribution in [-0.4, -0.2) is 57.4 Å². The van der Waals surface area contributed by atoms with Crippen molar-refractivity contribution >= 4 is 0 Å². The van der Waals surface area contributed by atoms with Crippen LogP contribution < -0.4 is 14.9 Å². The second-order valence-electron chi connectivity index (χ2n) is 5.26. The van der Waals surface area contributed by atoms with Crippen LogP contribution in [0.25, 0.3) is 0 Å². The van der Waals surface area contributed by atoms with Gasteiger partial charge in [-0.3, -0.25) is 0 Å². The molecule has 1 aliphatic heterocycles. The Morgan fingerprint density at radius 3 is 2.30 bits per heavy atom. The highest BCUT2D eigenvalue weighted by Crippen LogP contribution is 2.29. The van der Waals surface area contributed by atoms with Crippen LogP contribution in [0.1, 0.15) is 18.5 Å². The third-order valence-electron chi connectivity index (χ3n) is 3.79. The van der Waals surface area contributed by atoms with Crippen LogP contribution in [0.15, 0.2) is 18.2 Å². The Kier molecular flexibility index (Phi) is 5.23. The number of methoxy groups -OCH3 is 2. The van der Waals surface area contributed by atoms with Crippen molar-refractivity contribution in [2.24, 2.45) is 0 Å². The monoisotopic (exact) mass is 279 g/mol. The van der Waals surface area contributed by atoms with Crippen molar-refractivity contribution in [2.75, 3.05) is 47.4 Å². The number of piperazine rings is 1. The highest BCUT2D eigenvalue weighted by atomic mass is 16.5. The molecule has 0 aliphatic carbocycles. The summed E-state index contributed by atoms with van der Waals surface area (Å²) >= 11 is 0. The van der Waals surface area contributed by atoms with Gasteiger partial charge in [0.1, 0.15) is 0 Å². The Morgan fingerprint density at radius 1 is 1.05 bits per heavy atom. The number of hydrogen-bond acceptors (Lipinski definition) is 5. The number of likely N-dealkylation sites (N-methyl/N-ethyl adjacent to an activating group) is 1. The van der Waals surface area contributed by atoms with Gasteiger partial charge in [-0.1, -0.05) is 6.07 Å². The lowest BCUT2D eigenvalue weighted by Crippen LogP contribution is -2.51. The number of nitrogens with zero attached hydrogens (tertiary/aromatic N) is 2. The normalized spacial score (nSPS) is 18.8. The number of ether oxygens (including phenoxy) is 2. The van der Waals surface area contributed by atoms with Crippen LogP contribution in [0.4, 0.5) is 0 Å². The van der Waals surface area contributed by atoms with Gasteiger partial charge in [-0.25, -0.2) is 10.4 Å². The third kappa shape index (κ3) is 3.62. The molecule has 0 radical (unpaired) electrons. The van der Waals surface area contributed by atoms with Gasteiger partial charge in [-0.2, -0.15) is 0 Å². The van der Waals surface area contributed by atoms with E-state index in [0.717, 1.165) is 37.7 Å². The maximum Gasteiger partial charge on any atom is 0.161 e. The quantitative estimate of drug-likeness (QED) is 0.884. The van der Waals surface area contributed by atoms with Crippen LogP contribution in [0.5, 0.6) is 11.5 Å².